The van der Waals surface area contributed by atoms with Crippen LogP contribution in [0.1, 0.15) is 20.7 Å². The number of hydrogen-bond acceptors (Lipinski definition) is 5. The second-order valence-electron chi connectivity index (χ2n) is 3.85. The Labute approximate surface area is 126 Å². The van der Waals surface area contributed by atoms with Gasteiger partial charge in [-0.05, 0) is 48.5 Å². The van der Waals surface area contributed by atoms with Gasteiger partial charge in [-0.25, -0.2) is 9.59 Å². The Morgan fingerprint density at radius 1 is 0.682 bits per heavy atom. The summed E-state index contributed by atoms with van der Waals surface area (Å²) in [5.41, 5.74) is 12.3. The normalized spacial score (nSPS) is 8.55. The number of carboxylic acid groups (broad SMARTS) is 2. The molecule has 0 aliphatic rings. The van der Waals surface area contributed by atoms with Crippen LogP contribution in [0.15, 0.2) is 48.5 Å². The van der Waals surface area contributed by atoms with Gasteiger partial charge in [-0.1, -0.05) is 0 Å². The van der Waals surface area contributed by atoms with Crippen molar-refractivity contribution in [3.8, 4) is 0 Å². The molecule has 7 heteroatoms. The number of aromatic carboxylic acids is 2. The summed E-state index contributed by atoms with van der Waals surface area (Å²) in [5.74, 6) is -1.86. The van der Waals surface area contributed by atoms with Crippen molar-refractivity contribution >= 4 is 30.1 Å². The maximum atomic E-state index is 10.3. The second-order valence-corrected chi connectivity index (χ2v) is 3.85. The van der Waals surface area contributed by atoms with Crippen molar-refractivity contribution < 1.29 is 24.6 Å². The lowest BCUT2D eigenvalue weighted by Crippen LogP contribution is -1.95. The zero-order valence-corrected chi connectivity index (χ0v) is 11.6. The summed E-state index contributed by atoms with van der Waals surface area (Å²) in [6.45, 7) is 2.00. The lowest BCUT2D eigenvalue weighted by atomic mass is 10.2. The lowest BCUT2D eigenvalue weighted by molar-refractivity contribution is -0.0980. The highest BCUT2D eigenvalue weighted by molar-refractivity contribution is 5.88. The fourth-order valence-corrected chi connectivity index (χ4v) is 1.25. The predicted octanol–water partition coefficient (Wildman–Crippen LogP) is 1.75. The molecule has 0 saturated carbocycles. The molecule has 0 unspecified atom stereocenters. The van der Waals surface area contributed by atoms with E-state index in [0.717, 1.165) is 0 Å². The molecule has 0 radical (unpaired) electrons. The highest BCUT2D eigenvalue weighted by Crippen LogP contribution is 2.05. The van der Waals surface area contributed by atoms with Gasteiger partial charge < -0.3 is 26.5 Å². The molecule has 22 heavy (non-hydrogen) atoms. The molecule has 0 fully saturated rings. The van der Waals surface area contributed by atoms with E-state index in [1.54, 1.807) is 24.3 Å². The average Bonchev–Trinajstić information content (AvgIpc) is 2.51. The van der Waals surface area contributed by atoms with Crippen molar-refractivity contribution in [2.45, 2.75) is 0 Å². The molecule has 0 spiro atoms. The van der Waals surface area contributed by atoms with E-state index >= 15 is 0 Å². The van der Waals surface area contributed by atoms with Crippen molar-refractivity contribution in [3.63, 3.8) is 0 Å². The third-order valence-corrected chi connectivity index (χ3v) is 2.32. The van der Waals surface area contributed by atoms with Gasteiger partial charge in [0.25, 0.3) is 0 Å². The molecule has 2 aromatic rings. The Hall–Kier alpha value is -3.35. The van der Waals surface area contributed by atoms with Gasteiger partial charge in [0.1, 0.15) is 6.79 Å². The van der Waals surface area contributed by atoms with E-state index in [1.165, 1.54) is 24.3 Å². The third-order valence-electron chi connectivity index (χ3n) is 2.32. The second kappa shape index (κ2) is 9.54. The first-order valence-electron chi connectivity index (χ1n) is 5.86. The van der Waals surface area contributed by atoms with Crippen molar-refractivity contribution in [1.29, 1.82) is 0 Å². The largest absolute Gasteiger partial charge is 0.478 e. The van der Waals surface area contributed by atoms with E-state index in [4.69, 9.17) is 26.5 Å². The number of carbonyl (C=O) groups is 3. The van der Waals surface area contributed by atoms with Crippen molar-refractivity contribution in [2.75, 3.05) is 11.5 Å². The van der Waals surface area contributed by atoms with Crippen LogP contribution in [0.3, 0.4) is 0 Å². The number of rotatable bonds is 2. The smallest absolute Gasteiger partial charge is 0.335 e. The van der Waals surface area contributed by atoms with Crippen molar-refractivity contribution in [2.24, 2.45) is 0 Å². The molecule has 116 valence electrons. The van der Waals surface area contributed by atoms with Crippen LogP contribution in [-0.4, -0.2) is 28.9 Å². The van der Waals surface area contributed by atoms with Crippen LogP contribution in [-0.2, 0) is 4.79 Å². The van der Waals surface area contributed by atoms with Crippen LogP contribution in [0, 0.1) is 0 Å². The topological polar surface area (TPSA) is 144 Å². The number of benzene rings is 2. The van der Waals surface area contributed by atoms with E-state index in [-0.39, 0.29) is 11.1 Å². The molecule has 0 aromatic heterocycles. The van der Waals surface area contributed by atoms with E-state index in [2.05, 4.69) is 0 Å². The van der Waals surface area contributed by atoms with Crippen LogP contribution in [0.2, 0.25) is 0 Å². The number of carboxylic acids is 2. The molecule has 0 atom stereocenters. The van der Waals surface area contributed by atoms with Crippen LogP contribution in [0.5, 0.6) is 0 Å². The first-order valence-corrected chi connectivity index (χ1v) is 5.86. The fraction of sp³-hybridized carbons (Fsp3) is 0. The summed E-state index contributed by atoms with van der Waals surface area (Å²) >= 11 is 0. The number of nitrogens with two attached hydrogens (primary N) is 2. The Morgan fingerprint density at radius 3 is 1.09 bits per heavy atom. The van der Waals surface area contributed by atoms with Crippen LogP contribution < -0.4 is 11.5 Å². The summed E-state index contributed by atoms with van der Waals surface area (Å²) in [5, 5.41) is 16.9. The van der Waals surface area contributed by atoms with E-state index < -0.39 is 11.9 Å². The maximum Gasteiger partial charge on any atom is 0.335 e. The molecule has 0 aliphatic carbocycles. The van der Waals surface area contributed by atoms with Gasteiger partial charge in [0.15, 0.2) is 0 Å². The van der Waals surface area contributed by atoms with Gasteiger partial charge in [0.05, 0.1) is 11.1 Å². The standard InChI is InChI=1S/2C7H7NO2.CH2O/c2*8-6-3-1-5(2-4-6)7(9)10;1-2/h2*1-4H,8H2,(H,9,10);1H2. The van der Waals surface area contributed by atoms with Gasteiger partial charge in [0, 0.05) is 11.4 Å². The summed E-state index contributed by atoms with van der Waals surface area (Å²) in [4.78, 5) is 28.5. The molecule has 0 heterocycles. The summed E-state index contributed by atoms with van der Waals surface area (Å²) in [7, 11) is 0. The molecule has 2 aromatic carbocycles. The van der Waals surface area contributed by atoms with Gasteiger partial charge >= 0.3 is 11.9 Å². The quantitative estimate of drug-likeness (QED) is 0.618. The molecule has 2 rings (SSSR count). The molecule has 0 saturated heterocycles. The summed E-state index contributed by atoms with van der Waals surface area (Å²) < 4.78 is 0. The third kappa shape index (κ3) is 6.71. The Balaban J connectivity index is 0.000000360. The SMILES string of the molecule is C=O.Nc1ccc(C(=O)O)cc1.Nc1ccc(C(=O)O)cc1. The first-order chi connectivity index (χ1) is 10.4. The Bertz CT molecular complexity index is 553. The zero-order chi connectivity index (χ0) is 17.1. The summed E-state index contributed by atoms with van der Waals surface area (Å²) in [6, 6.07) is 12.1. The maximum absolute atomic E-state index is 10.3. The number of nitrogen functional groups attached to an aromatic ring is 2. The molecule has 6 N–H and O–H groups in total. The van der Waals surface area contributed by atoms with Gasteiger partial charge in [-0.2, -0.15) is 0 Å². The fourth-order valence-electron chi connectivity index (χ4n) is 1.25. The zero-order valence-electron chi connectivity index (χ0n) is 11.6. The lowest BCUT2D eigenvalue weighted by Gasteiger charge is -1.93. The molecule has 0 aliphatic heterocycles. The summed E-state index contributed by atoms with van der Waals surface area (Å²) in [6.07, 6.45) is 0. The molecular weight excluding hydrogens is 288 g/mol. The minimum atomic E-state index is -0.931. The minimum absolute atomic E-state index is 0.259. The van der Waals surface area contributed by atoms with Crippen LogP contribution in [0.25, 0.3) is 0 Å². The number of anilines is 2. The Morgan fingerprint density at radius 2 is 0.909 bits per heavy atom. The van der Waals surface area contributed by atoms with Gasteiger partial charge in [-0.3, -0.25) is 0 Å². The highest BCUT2D eigenvalue weighted by Gasteiger charge is 1.99. The minimum Gasteiger partial charge on any atom is -0.478 e. The highest BCUT2D eigenvalue weighted by atomic mass is 16.4. The monoisotopic (exact) mass is 304 g/mol. The van der Waals surface area contributed by atoms with Crippen molar-refractivity contribution in [1.82, 2.24) is 0 Å². The van der Waals surface area contributed by atoms with E-state index in [1.807, 2.05) is 6.79 Å². The molecular formula is C15H16N2O5. The van der Waals surface area contributed by atoms with E-state index in [0.29, 0.717) is 11.4 Å². The molecule has 7 nitrogen and oxygen atoms in total. The van der Waals surface area contributed by atoms with Crippen LogP contribution in [0.4, 0.5) is 11.4 Å². The molecule has 0 amide bonds. The number of hydrogen-bond donors (Lipinski definition) is 4. The average molecular weight is 304 g/mol. The van der Waals surface area contributed by atoms with Crippen molar-refractivity contribution in [3.05, 3.63) is 59.7 Å². The Kier molecular flexibility index (Phi) is 8.09. The number of carbonyl (C=O) groups excluding carboxylic acids is 1. The molecule has 0 bridgehead atoms. The predicted molar refractivity (Wildman–Crippen MR) is 82.7 cm³/mol. The van der Waals surface area contributed by atoms with Gasteiger partial charge in [0.2, 0.25) is 0 Å². The first kappa shape index (κ1) is 18.7. The van der Waals surface area contributed by atoms with Crippen LogP contribution >= 0.6 is 0 Å². The van der Waals surface area contributed by atoms with E-state index in [9.17, 15) is 9.59 Å². The van der Waals surface area contributed by atoms with Gasteiger partial charge in [-0.15, -0.1) is 0 Å².